The van der Waals surface area contributed by atoms with Crippen molar-refractivity contribution < 1.29 is 19.1 Å². The van der Waals surface area contributed by atoms with Gasteiger partial charge in [0.05, 0.1) is 0 Å². The average Bonchev–Trinajstić information content (AvgIpc) is 2.43. The molecule has 1 aromatic rings. The molecule has 1 aromatic carbocycles. The summed E-state index contributed by atoms with van der Waals surface area (Å²) in [6, 6.07) is 9.55. The van der Waals surface area contributed by atoms with E-state index in [-0.39, 0.29) is 5.76 Å². The van der Waals surface area contributed by atoms with Gasteiger partial charge >= 0.3 is 5.97 Å². The van der Waals surface area contributed by atoms with Crippen molar-refractivity contribution in [2.24, 2.45) is 5.92 Å². The molecule has 0 radical (unpaired) electrons. The number of benzene rings is 1. The van der Waals surface area contributed by atoms with E-state index in [0.717, 1.165) is 11.6 Å². The van der Waals surface area contributed by atoms with E-state index >= 15 is 0 Å². The molecule has 106 valence electrons. The van der Waals surface area contributed by atoms with Gasteiger partial charge < -0.3 is 4.74 Å². The van der Waals surface area contributed by atoms with Crippen molar-refractivity contribution in [2.75, 3.05) is 0 Å². The lowest BCUT2D eigenvalue weighted by molar-refractivity contribution is -0.151. The van der Waals surface area contributed by atoms with E-state index in [4.69, 9.17) is 4.74 Å². The molecule has 0 aliphatic carbocycles. The number of esters is 1. The quantitative estimate of drug-likeness (QED) is 0.368. The minimum absolute atomic E-state index is 0.210. The van der Waals surface area contributed by atoms with Gasteiger partial charge in [-0.05, 0) is 18.6 Å². The van der Waals surface area contributed by atoms with E-state index in [1.165, 1.54) is 19.1 Å². The third kappa shape index (κ3) is 3.86. The molecule has 0 N–H and O–H groups in total. The third-order valence-electron chi connectivity index (χ3n) is 2.87. The minimum atomic E-state index is -1.38. The van der Waals surface area contributed by atoms with Crippen LogP contribution in [0.15, 0.2) is 60.4 Å². The summed E-state index contributed by atoms with van der Waals surface area (Å²) in [6.45, 7) is 1.49. The predicted molar refractivity (Wildman–Crippen MR) is 78.0 cm³/mol. The van der Waals surface area contributed by atoms with Crippen LogP contribution in [0.3, 0.4) is 0 Å². The Morgan fingerprint density at radius 3 is 2.52 bits per heavy atom. The minimum Gasteiger partial charge on any atom is -0.430 e. The Morgan fingerprint density at radius 2 is 1.86 bits per heavy atom. The summed E-state index contributed by atoms with van der Waals surface area (Å²) in [5.74, 6) is -3.10. The van der Waals surface area contributed by atoms with Crippen LogP contribution in [0.2, 0.25) is 0 Å². The molecule has 0 aromatic heterocycles. The monoisotopic (exact) mass is 282 g/mol. The molecular weight excluding hydrogens is 268 g/mol. The number of carbonyl (C=O) groups excluding carboxylic acids is 3. The highest BCUT2D eigenvalue weighted by Crippen LogP contribution is 2.16. The summed E-state index contributed by atoms with van der Waals surface area (Å²) in [7, 11) is 0. The number of cyclic esters (lactones) is 1. The van der Waals surface area contributed by atoms with Crippen molar-refractivity contribution in [1.82, 2.24) is 0 Å². The topological polar surface area (TPSA) is 60.4 Å². The zero-order chi connectivity index (χ0) is 15.2. The molecule has 1 aliphatic rings. The van der Waals surface area contributed by atoms with E-state index in [1.807, 2.05) is 36.4 Å². The molecule has 0 fully saturated rings. The summed E-state index contributed by atoms with van der Waals surface area (Å²) in [5, 5.41) is 0. The summed E-state index contributed by atoms with van der Waals surface area (Å²) in [5.41, 5.74) is 0.987. The van der Waals surface area contributed by atoms with Crippen molar-refractivity contribution in [1.29, 1.82) is 0 Å². The number of rotatable bonds is 4. The number of hydrogen-bond donors (Lipinski definition) is 0. The zero-order valence-corrected chi connectivity index (χ0v) is 11.5. The van der Waals surface area contributed by atoms with Crippen LogP contribution in [0.5, 0.6) is 0 Å². The Balaban J connectivity index is 2.01. The number of ketones is 2. The molecule has 2 rings (SSSR count). The van der Waals surface area contributed by atoms with Crippen molar-refractivity contribution in [3.63, 3.8) is 0 Å². The number of allylic oxidation sites excluding steroid dienone is 5. The molecule has 0 saturated carbocycles. The van der Waals surface area contributed by atoms with E-state index in [1.54, 1.807) is 6.08 Å². The second-order valence-electron chi connectivity index (χ2n) is 4.54. The molecule has 0 amide bonds. The second-order valence-corrected chi connectivity index (χ2v) is 4.54. The fourth-order valence-corrected chi connectivity index (χ4v) is 1.88. The Bertz CT molecular complexity index is 651. The van der Waals surface area contributed by atoms with Crippen molar-refractivity contribution in [3.8, 4) is 0 Å². The van der Waals surface area contributed by atoms with Crippen LogP contribution in [0.1, 0.15) is 12.5 Å². The summed E-state index contributed by atoms with van der Waals surface area (Å²) >= 11 is 0. The van der Waals surface area contributed by atoms with E-state index in [9.17, 15) is 14.4 Å². The van der Waals surface area contributed by atoms with Gasteiger partial charge in [-0.3, -0.25) is 14.4 Å². The van der Waals surface area contributed by atoms with Gasteiger partial charge in [0.2, 0.25) is 0 Å². The highest BCUT2D eigenvalue weighted by atomic mass is 16.5. The first-order valence-corrected chi connectivity index (χ1v) is 6.45. The Labute approximate surface area is 122 Å². The van der Waals surface area contributed by atoms with Gasteiger partial charge in [-0.25, -0.2) is 0 Å². The van der Waals surface area contributed by atoms with E-state index in [2.05, 4.69) is 0 Å². The zero-order valence-electron chi connectivity index (χ0n) is 11.5. The fraction of sp³-hybridized carbons (Fsp3) is 0.118. The standard InChI is InChI=1S/C17H14O4/c1-12-11-15(19)16(17(20)21-12)14(18)10-6-5-9-13-7-3-2-4-8-13/h2-11,16H,1H3/b9-5+,10-6+. The lowest BCUT2D eigenvalue weighted by atomic mass is 9.96. The smallest absolute Gasteiger partial charge is 0.329 e. The molecule has 1 aliphatic heterocycles. The van der Waals surface area contributed by atoms with E-state index in [0.29, 0.717) is 0 Å². The summed E-state index contributed by atoms with van der Waals surface area (Å²) < 4.78 is 4.79. The Kier molecular flexibility index (Phi) is 4.61. The van der Waals surface area contributed by atoms with Gasteiger partial charge in [-0.2, -0.15) is 0 Å². The van der Waals surface area contributed by atoms with E-state index < -0.39 is 23.5 Å². The third-order valence-corrected chi connectivity index (χ3v) is 2.87. The maximum absolute atomic E-state index is 11.9. The van der Waals surface area contributed by atoms with Gasteiger partial charge in [0.25, 0.3) is 0 Å². The first kappa shape index (κ1) is 14.7. The van der Waals surface area contributed by atoms with Crippen LogP contribution in [-0.4, -0.2) is 17.5 Å². The largest absolute Gasteiger partial charge is 0.430 e. The molecule has 0 saturated heterocycles. The second kappa shape index (κ2) is 6.61. The molecule has 0 bridgehead atoms. The summed E-state index contributed by atoms with van der Waals surface area (Å²) in [6.07, 6.45) is 7.36. The van der Waals surface area contributed by atoms with Gasteiger partial charge in [0.1, 0.15) is 5.76 Å². The molecule has 1 unspecified atom stereocenters. The number of ether oxygens (including phenoxy) is 1. The number of carbonyl (C=O) groups is 3. The first-order valence-electron chi connectivity index (χ1n) is 6.45. The molecule has 4 heteroatoms. The predicted octanol–water partition coefficient (Wildman–Crippen LogP) is 2.47. The van der Waals surface area contributed by atoms with Gasteiger partial charge in [0, 0.05) is 6.08 Å². The molecule has 1 heterocycles. The van der Waals surface area contributed by atoms with Crippen molar-refractivity contribution >= 4 is 23.6 Å². The van der Waals surface area contributed by atoms with Crippen LogP contribution in [0, 0.1) is 5.92 Å². The Hall–Kier alpha value is -2.75. The molecule has 0 spiro atoms. The maximum atomic E-state index is 11.9. The lowest BCUT2D eigenvalue weighted by Crippen LogP contribution is -2.34. The van der Waals surface area contributed by atoms with Crippen LogP contribution >= 0.6 is 0 Å². The van der Waals surface area contributed by atoms with Gasteiger partial charge in [0.15, 0.2) is 17.5 Å². The number of hydrogen-bond acceptors (Lipinski definition) is 4. The lowest BCUT2D eigenvalue weighted by Gasteiger charge is -2.15. The highest BCUT2D eigenvalue weighted by molar-refractivity contribution is 6.24. The fourth-order valence-electron chi connectivity index (χ4n) is 1.88. The van der Waals surface area contributed by atoms with Crippen LogP contribution in [0.4, 0.5) is 0 Å². The molecule has 21 heavy (non-hydrogen) atoms. The first-order chi connectivity index (χ1) is 10.1. The molecule has 1 atom stereocenters. The van der Waals surface area contributed by atoms with Crippen molar-refractivity contribution in [3.05, 3.63) is 66.0 Å². The summed E-state index contributed by atoms with van der Waals surface area (Å²) in [4.78, 5) is 35.1. The van der Waals surface area contributed by atoms with Gasteiger partial charge in [-0.1, -0.05) is 48.6 Å². The van der Waals surface area contributed by atoms with Gasteiger partial charge in [-0.15, -0.1) is 0 Å². The SMILES string of the molecule is CC1=CC(=O)C(C(=O)/C=C/C=C/c2ccccc2)C(=O)O1. The average molecular weight is 282 g/mol. The van der Waals surface area contributed by atoms with Crippen LogP contribution < -0.4 is 0 Å². The van der Waals surface area contributed by atoms with Crippen LogP contribution in [-0.2, 0) is 19.1 Å². The van der Waals surface area contributed by atoms with Crippen molar-refractivity contribution in [2.45, 2.75) is 6.92 Å². The Morgan fingerprint density at radius 1 is 1.14 bits per heavy atom. The van der Waals surface area contributed by atoms with Crippen LogP contribution in [0.25, 0.3) is 6.08 Å². The highest BCUT2D eigenvalue weighted by Gasteiger charge is 2.36. The molecule has 4 nitrogen and oxygen atoms in total. The molecular formula is C17H14O4. The normalized spacial score (nSPS) is 18.9. The maximum Gasteiger partial charge on any atom is 0.329 e.